The average molecular weight is 1430 g/mol. The molecule has 0 aliphatic carbocycles. The molecule has 0 unspecified atom stereocenters. The summed E-state index contributed by atoms with van der Waals surface area (Å²) in [5.74, 6) is -22.7. The minimum atomic E-state index is -5.46. The van der Waals surface area contributed by atoms with Gasteiger partial charge in [-0.2, -0.15) is 105 Å². The molecule has 4 heterocycles. The van der Waals surface area contributed by atoms with E-state index >= 15 is 0 Å². The number of rotatable bonds is 11. The first-order chi connectivity index (χ1) is 39.3. The largest absolute Gasteiger partial charge is 2.00 e. The molecular weight excluding hydrogens is 1390 g/mol. The molecule has 3 aromatic rings. The van der Waals surface area contributed by atoms with Crippen LogP contribution in [0.4, 0.5) is 105 Å². The van der Waals surface area contributed by atoms with Gasteiger partial charge in [0.05, 0.1) is 22.8 Å². The van der Waals surface area contributed by atoms with Crippen molar-refractivity contribution in [3.8, 4) is 22.8 Å². The molecule has 1 aliphatic heterocycles. The van der Waals surface area contributed by atoms with Gasteiger partial charge in [-0.1, -0.05) is 58.1 Å². The van der Waals surface area contributed by atoms with Gasteiger partial charge in [0.1, 0.15) is 4.76 Å². The molecule has 0 spiro atoms. The van der Waals surface area contributed by atoms with Crippen LogP contribution in [0.2, 0.25) is 0 Å². The summed E-state index contributed by atoms with van der Waals surface area (Å²) in [6.45, 7) is 11.4. The van der Waals surface area contributed by atoms with E-state index in [0.29, 0.717) is 32.3 Å². The molecule has 4 rings (SSSR count). The Hall–Kier alpha value is -7.35. The molecule has 0 saturated heterocycles. The number of nitrogens with zero attached hydrogens (tertiary/aromatic N) is 6. The van der Waals surface area contributed by atoms with E-state index in [1.54, 1.807) is 58.3 Å². The topological polar surface area (TPSA) is 258 Å². The Kier molecular flexibility index (Phi) is 34.9. The van der Waals surface area contributed by atoms with Gasteiger partial charge in [-0.15, -0.1) is 4.74 Å². The minimum absolute atomic E-state index is 0. The molecule has 0 amide bonds. The second-order valence-corrected chi connectivity index (χ2v) is 17.5. The van der Waals surface area contributed by atoms with Crippen LogP contribution in [0.15, 0.2) is 102 Å². The van der Waals surface area contributed by atoms with Gasteiger partial charge in [-0.25, -0.2) is 9.97 Å². The summed E-state index contributed by atoms with van der Waals surface area (Å²) in [7, 11) is 0. The van der Waals surface area contributed by atoms with Crippen LogP contribution in [0.1, 0.15) is 79.5 Å². The zero-order chi connectivity index (χ0) is 69.8. The third-order valence-corrected chi connectivity index (χ3v) is 10.2. The van der Waals surface area contributed by atoms with Crippen LogP contribution in [-0.4, -0.2) is 119 Å². The van der Waals surface area contributed by atoms with Crippen LogP contribution >= 0.6 is 0 Å². The third-order valence-electron chi connectivity index (χ3n) is 10.2. The fourth-order valence-corrected chi connectivity index (χ4v) is 4.94. The van der Waals surface area contributed by atoms with E-state index in [2.05, 4.69) is 33.8 Å². The number of amidine groups is 1. The Balaban J connectivity index is -0.000000525. The van der Waals surface area contributed by atoms with Crippen molar-refractivity contribution in [2.24, 2.45) is 0 Å². The second-order valence-electron chi connectivity index (χ2n) is 17.5. The van der Waals surface area contributed by atoms with E-state index in [0.717, 1.165) is 0 Å². The summed E-state index contributed by atoms with van der Waals surface area (Å²) in [6.07, 6.45) is -37.4. The molecule has 0 bridgehead atoms. The molecule has 2 radical (unpaired) electrons. The number of ketones is 4. The maximum atomic E-state index is 13.1. The molecule has 90 heavy (non-hydrogen) atoms. The Morgan fingerprint density at radius 1 is 0.444 bits per heavy atom. The van der Waals surface area contributed by atoms with Crippen molar-refractivity contribution in [2.45, 2.75) is 134 Å². The SMILES string of the molecule is CC1(C)[N+](=O)C(c2nc(-c3ccccn3)cc(-c3ccccn3)n2)=[N+]([O-])C1(C)C.CCCCCCC.O=C(/C=C(\[O-])C(F)(F)F)C(F)(F)F.O=C(/C=C(\[O-])C(F)(F)F)C(F)(F)F.O=C(/C=C(\[O-])C(F)(F)F)C(F)(F)F.O=C(/C=C(\[O-])C(F)(F)F)C(F)(F)F.[Mn+2].[Mn]. The molecule has 3 aromatic heterocycles. The van der Waals surface area contributed by atoms with Gasteiger partial charge in [0, 0.05) is 62.1 Å². The predicted octanol–water partition coefficient (Wildman–Crippen LogP) is 9.88. The molecule has 42 heteroatoms. The molecule has 0 atom stereocenters. The van der Waals surface area contributed by atoms with E-state index in [1.807, 2.05) is 24.3 Å². The number of hydroxylamine groups is 1. The Labute approximate surface area is 511 Å². The van der Waals surface area contributed by atoms with Crippen LogP contribution in [0.25, 0.3) is 22.8 Å². The number of alkyl halides is 24. The summed E-state index contributed by atoms with van der Waals surface area (Å²) in [4.78, 5) is 70.1. The van der Waals surface area contributed by atoms with Gasteiger partial charge < -0.3 is 25.6 Å². The first kappa shape index (κ1) is 89.1. The quantitative estimate of drug-likeness (QED) is 0.0329. The number of hydrogen-bond donors (Lipinski definition) is 0. The smallest absolute Gasteiger partial charge is 0.869 e. The predicted molar refractivity (Wildman–Crippen MR) is 243 cm³/mol. The maximum absolute atomic E-state index is 13.1. The van der Waals surface area contributed by atoms with Crippen molar-refractivity contribution in [3.05, 3.63) is 118 Å². The molecule has 16 nitrogen and oxygen atoms in total. The summed E-state index contributed by atoms with van der Waals surface area (Å²) in [5.41, 5.74) is 0.320. The maximum Gasteiger partial charge on any atom is 2.00 e. The fraction of sp³-hybridized carbons (Fsp3) is 0.438. The first-order valence-corrected chi connectivity index (χ1v) is 23.2. The van der Waals surface area contributed by atoms with Crippen molar-refractivity contribution < 1.29 is 189 Å². The van der Waals surface area contributed by atoms with Gasteiger partial charge in [0.2, 0.25) is 5.54 Å². The molecule has 0 saturated carbocycles. The molecule has 0 fully saturated rings. The van der Waals surface area contributed by atoms with Crippen LogP contribution < -0.4 is 20.4 Å². The van der Waals surface area contributed by atoms with Gasteiger partial charge >= 0.3 is 78.1 Å². The van der Waals surface area contributed by atoms with Crippen molar-refractivity contribution in [3.63, 3.8) is 0 Å². The van der Waals surface area contributed by atoms with E-state index in [9.17, 15) is 155 Å². The molecule has 0 N–H and O–H groups in total. The van der Waals surface area contributed by atoms with Gasteiger partial charge in [-0.05, 0) is 77.7 Å². The molecule has 0 aromatic carbocycles. The number of unbranched alkanes of at least 4 members (excludes halogenated alkanes) is 4. The minimum Gasteiger partial charge on any atom is -0.869 e. The van der Waals surface area contributed by atoms with Crippen molar-refractivity contribution in [1.29, 1.82) is 0 Å². The standard InChI is InChI=1S/C21H21N6O2.C7H16.4C5H2F6O2.2Mn/c1-20(2)21(3,4)27(29)19(26(20)28)18-24-16(14-9-5-7-11-22-14)13-17(25-18)15-10-6-8-12-23-15;1-3-5-7-6-4-2;4*6-4(7,8)2(12)1-3(13)5(9,10)11;;/h5-13H,1-4H3;3-7H2,1-2H3;4*1,12H;;/q+1;;;;;;;+2/p-4/b;;4*2-1-;;. The Morgan fingerprint density at radius 2 is 0.700 bits per heavy atom. The van der Waals surface area contributed by atoms with Gasteiger partial charge in [-0.3, -0.25) is 29.1 Å². The first-order valence-electron chi connectivity index (χ1n) is 23.2. The summed E-state index contributed by atoms with van der Waals surface area (Å²) in [6, 6.07) is 12.7. The van der Waals surface area contributed by atoms with E-state index in [-0.39, 0.29) is 45.8 Å². The number of carbonyl (C=O) groups is 4. The Morgan fingerprint density at radius 3 is 0.878 bits per heavy atom. The van der Waals surface area contributed by atoms with Crippen LogP contribution in [-0.2, 0) is 53.3 Å². The number of aromatic nitrogens is 4. The van der Waals surface area contributed by atoms with Crippen molar-refractivity contribution in [2.75, 3.05) is 0 Å². The zero-order valence-corrected chi connectivity index (χ0v) is 48.0. The molecule has 506 valence electrons. The zero-order valence-electron chi connectivity index (χ0n) is 45.6. The number of pyridine rings is 2. The van der Waals surface area contributed by atoms with Gasteiger partial charge in [0.15, 0.2) is 0 Å². The summed E-state index contributed by atoms with van der Waals surface area (Å²) in [5, 5.41) is 52.4. The normalized spacial score (nSPS) is 14.8. The van der Waals surface area contributed by atoms with E-state index in [4.69, 9.17) is 0 Å². The monoisotopic (exact) mass is 1430 g/mol. The van der Waals surface area contributed by atoms with Crippen LogP contribution in [0.5, 0.6) is 0 Å². The number of allylic oxidation sites excluding steroid dienone is 8. The average Bonchev–Trinajstić information content (AvgIpc) is 1.58. The van der Waals surface area contributed by atoms with Crippen LogP contribution in [0, 0.1) is 10.1 Å². The van der Waals surface area contributed by atoms with Crippen LogP contribution in [0.3, 0.4) is 0 Å². The van der Waals surface area contributed by atoms with E-state index < -0.39 is 131 Å². The fourth-order valence-electron chi connectivity index (χ4n) is 4.94. The summed E-state index contributed by atoms with van der Waals surface area (Å²) >= 11 is 0. The van der Waals surface area contributed by atoms with Crippen molar-refractivity contribution in [1.82, 2.24) is 19.9 Å². The molecular formula is C48H41F24Mn2N6O10-. The number of hydrogen-bond acceptors (Lipinski definition) is 14. The van der Waals surface area contributed by atoms with Gasteiger partial charge in [0.25, 0.3) is 28.7 Å². The summed E-state index contributed by atoms with van der Waals surface area (Å²) < 4.78 is 273. The van der Waals surface area contributed by atoms with Crippen molar-refractivity contribution >= 4 is 29.0 Å². The Bertz CT molecular complexity index is 2740. The third kappa shape index (κ3) is 30.4. The number of nitroso groups, excluding NO2 is 1. The number of halogens is 24. The van der Waals surface area contributed by atoms with E-state index in [1.165, 1.54) is 32.1 Å². The molecule has 1 aliphatic rings. The second kappa shape index (κ2) is 35.3. The number of carbonyl (C=O) groups excluding carboxylic acids is 4.